The molecular weight excluding hydrogens is 384 g/mol. The van der Waals surface area contributed by atoms with Crippen LogP contribution in [0.3, 0.4) is 0 Å². The zero-order valence-corrected chi connectivity index (χ0v) is 16.0. The molecule has 4 unspecified atom stereocenters. The SMILES string of the molecule is CC(O)C(N)C(=O)NC(Cc1cnc[nH]1)C(=O)N1CCCC1C(=O)NCC(=O)O. The third-order valence-electron chi connectivity index (χ3n) is 4.67. The van der Waals surface area contributed by atoms with Crippen molar-refractivity contribution in [3.63, 3.8) is 0 Å². The van der Waals surface area contributed by atoms with Gasteiger partial charge < -0.3 is 36.5 Å². The number of aliphatic carboxylic acids is 1. The van der Waals surface area contributed by atoms with Gasteiger partial charge in [-0.15, -0.1) is 0 Å². The molecule has 29 heavy (non-hydrogen) atoms. The summed E-state index contributed by atoms with van der Waals surface area (Å²) in [4.78, 5) is 56.5. The third-order valence-corrected chi connectivity index (χ3v) is 4.67. The number of aliphatic hydroxyl groups excluding tert-OH is 1. The Balaban J connectivity index is 2.15. The smallest absolute Gasteiger partial charge is 0.322 e. The van der Waals surface area contributed by atoms with Crippen molar-refractivity contribution in [2.24, 2.45) is 5.73 Å². The van der Waals surface area contributed by atoms with Crippen molar-refractivity contribution in [1.82, 2.24) is 25.5 Å². The van der Waals surface area contributed by atoms with Gasteiger partial charge in [0.1, 0.15) is 24.7 Å². The van der Waals surface area contributed by atoms with Crippen molar-refractivity contribution >= 4 is 23.7 Å². The van der Waals surface area contributed by atoms with Crippen LogP contribution in [0.2, 0.25) is 0 Å². The molecule has 160 valence electrons. The van der Waals surface area contributed by atoms with Gasteiger partial charge in [0, 0.05) is 24.9 Å². The van der Waals surface area contributed by atoms with Gasteiger partial charge in [0.2, 0.25) is 17.7 Å². The number of amides is 3. The molecule has 0 aliphatic carbocycles. The van der Waals surface area contributed by atoms with E-state index in [0.29, 0.717) is 25.1 Å². The van der Waals surface area contributed by atoms with Crippen molar-refractivity contribution in [3.05, 3.63) is 18.2 Å². The number of carbonyl (C=O) groups is 4. The van der Waals surface area contributed by atoms with Crippen LogP contribution in [0.1, 0.15) is 25.5 Å². The second kappa shape index (κ2) is 9.98. The van der Waals surface area contributed by atoms with Crippen LogP contribution in [0.25, 0.3) is 0 Å². The van der Waals surface area contributed by atoms with E-state index in [1.165, 1.54) is 24.3 Å². The van der Waals surface area contributed by atoms with E-state index in [1.807, 2.05) is 0 Å². The van der Waals surface area contributed by atoms with Crippen LogP contribution in [0.15, 0.2) is 12.5 Å². The first-order valence-electron chi connectivity index (χ1n) is 9.22. The minimum Gasteiger partial charge on any atom is -0.480 e. The number of likely N-dealkylation sites (tertiary alicyclic amines) is 1. The number of hydrogen-bond acceptors (Lipinski definition) is 7. The van der Waals surface area contributed by atoms with E-state index in [0.717, 1.165) is 0 Å². The molecule has 1 saturated heterocycles. The Kier molecular flexibility index (Phi) is 7.67. The average molecular weight is 410 g/mol. The second-order valence-corrected chi connectivity index (χ2v) is 6.91. The minimum atomic E-state index is -1.22. The summed E-state index contributed by atoms with van der Waals surface area (Å²) in [6, 6.07) is -3.09. The number of hydrogen-bond donors (Lipinski definition) is 6. The summed E-state index contributed by atoms with van der Waals surface area (Å²) < 4.78 is 0. The van der Waals surface area contributed by atoms with Crippen molar-refractivity contribution in [2.75, 3.05) is 13.1 Å². The molecule has 1 aliphatic rings. The van der Waals surface area contributed by atoms with Crippen molar-refractivity contribution < 1.29 is 29.4 Å². The summed E-state index contributed by atoms with van der Waals surface area (Å²) in [5, 5.41) is 23.1. The van der Waals surface area contributed by atoms with E-state index < -0.39 is 54.5 Å². The number of carboxylic acids is 1. The Morgan fingerprint density at radius 1 is 1.41 bits per heavy atom. The molecule has 12 heteroatoms. The van der Waals surface area contributed by atoms with Gasteiger partial charge in [-0.2, -0.15) is 0 Å². The Labute approximate surface area is 166 Å². The molecule has 1 aliphatic heterocycles. The molecule has 1 aromatic rings. The Bertz CT molecular complexity index is 737. The molecule has 3 amide bonds. The summed E-state index contributed by atoms with van der Waals surface area (Å²) in [5.74, 6) is -2.96. The topological polar surface area (TPSA) is 191 Å². The Morgan fingerprint density at radius 3 is 2.72 bits per heavy atom. The van der Waals surface area contributed by atoms with Gasteiger partial charge in [-0.3, -0.25) is 19.2 Å². The number of H-pyrrole nitrogens is 1. The molecule has 0 saturated carbocycles. The van der Waals surface area contributed by atoms with Gasteiger partial charge in [0.05, 0.1) is 12.4 Å². The van der Waals surface area contributed by atoms with Crippen LogP contribution in [0.4, 0.5) is 0 Å². The summed E-state index contributed by atoms with van der Waals surface area (Å²) >= 11 is 0. The van der Waals surface area contributed by atoms with Crippen LogP contribution in [0, 0.1) is 0 Å². The number of nitrogens with one attached hydrogen (secondary N) is 3. The lowest BCUT2D eigenvalue weighted by molar-refractivity contribution is -0.143. The zero-order chi connectivity index (χ0) is 21.6. The average Bonchev–Trinajstić information content (AvgIpc) is 3.35. The number of nitrogens with two attached hydrogens (primary N) is 1. The highest BCUT2D eigenvalue weighted by atomic mass is 16.4. The van der Waals surface area contributed by atoms with E-state index in [4.69, 9.17) is 10.8 Å². The largest absolute Gasteiger partial charge is 0.480 e. The van der Waals surface area contributed by atoms with Crippen LogP contribution in [0.5, 0.6) is 0 Å². The molecule has 4 atom stereocenters. The van der Waals surface area contributed by atoms with E-state index >= 15 is 0 Å². The molecule has 1 aromatic heterocycles. The molecular formula is C17H26N6O6. The summed E-state index contributed by atoms with van der Waals surface area (Å²) in [5.41, 5.74) is 6.24. The van der Waals surface area contributed by atoms with E-state index in [1.54, 1.807) is 0 Å². The first kappa shape index (κ1) is 22.3. The Morgan fingerprint density at radius 2 is 2.14 bits per heavy atom. The highest BCUT2D eigenvalue weighted by Gasteiger charge is 2.38. The highest BCUT2D eigenvalue weighted by Crippen LogP contribution is 2.19. The third kappa shape index (κ3) is 5.99. The van der Waals surface area contributed by atoms with Crippen LogP contribution in [-0.4, -0.2) is 86.1 Å². The number of aliphatic hydroxyl groups is 1. The molecule has 7 N–H and O–H groups in total. The molecule has 0 bridgehead atoms. The molecule has 12 nitrogen and oxygen atoms in total. The maximum Gasteiger partial charge on any atom is 0.322 e. The van der Waals surface area contributed by atoms with Crippen molar-refractivity contribution in [3.8, 4) is 0 Å². The maximum absolute atomic E-state index is 13.1. The lowest BCUT2D eigenvalue weighted by Gasteiger charge is -2.29. The number of imidazole rings is 1. The summed E-state index contributed by atoms with van der Waals surface area (Å²) in [7, 11) is 0. The monoisotopic (exact) mass is 410 g/mol. The van der Waals surface area contributed by atoms with Crippen molar-refractivity contribution in [2.45, 2.75) is 50.4 Å². The van der Waals surface area contributed by atoms with Gasteiger partial charge >= 0.3 is 5.97 Å². The number of nitrogens with zero attached hydrogens (tertiary/aromatic N) is 2. The fourth-order valence-corrected chi connectivity index (χ4v) is 3.09. The Hall–Kier alpha value is -2.99. The summed E-state index contributed by atoms with van der Waals surface area (Å²) in [6.45, 7) is 1.11. The van der Waals surface area contributed by atoms with E-state index in [-0.39, 0.29) is 6.42 Å². The number of carboxylic acid groups (broad SMARTS) is 1. The highest BCUT2D eigenvalue weighted by molar-refractivity contribution is 5.94. The summed E-state index contributed by atoms with van der Waals surface area (Å²) in [6.07, 6.45) is 2.85. The molecule has 1 fully saturated rings. The minimum absolute atomic E-state index is 0.0804. The van der Waals surface area contributed by atoms with Gasteiger partial charge in [-0.25, -0.2) is 4.98 Å². The van der Waals surface area contributed by atoms with Crippen LogP contribution >= 0.6 is 0 Å². The fourth-order valence-electron chi connectivity index (χ4n) is 3.09. The molecule has 0 aromatic carbocycles. The van der Waals surface area contributed by atoms with Gasteiger partial charge in [0.25, 0.3) is 0 Å². The first-order chi connectivity index (χ1) is 13.7. The van der Waals surface area contributed by atoms with Crippen LogP contribution < -0.4 is 16.4 Å². The lowest BCUT2D eigenvalue weighted by Crippen LogP contribution is -2.57. The zero-order valence-electron chi connectivity index (χ0n) is 16.0. The maximum atomic E-state index is 13.1. The predicted octanol–water partition coefficient (Wildman–Crippen LogP) is -2.66. The molecule has 0 radical (unpaired) electrons. The molecule has 2 heterocycles. The second-order valence-electron chi connectivity index (χ2n) is 6.91. The number of rotatable bonds is 9. The number of carbonyl (C=O) groups excluding carboxylic acids is 3. The van der Waals surface area contributed by atoms with Gasteiger partial charge in [0.15, 0.2) is 0 Å². The van der Waals surface area contributed by atoms with E-state index in [9.17, 15) is 24.3 Å². The quantitative estimate of drug-likeness (QED) is 0.254. The number of aromatic nitrogens is 2. The van der Waals surface area contributed by atoms with E-state index in [2.05, 4.69) is 20.6 Å². The molecule has 2 rings (SSSR count). The number of aromatic amines is 1. The van der Waals surface area contributed by atoms with Crippen LogP contribution in [-0.2, 0) is 25.6 Å². The lowest BCUT2D eigenvalue weighted by atomic mass is 10.1. The van der Waals surface area contributed by atoms with Crippen molar-refractivity contribution in [1.29, 1.82) is 0 Å². The van der Waals surface area contributed by atoms with Gasteiger partial charge in [-0.1, -0.05) is 0 Å². The predicted molar refractivity (Wildman–Crippen MR) is 99.3 cm³/mol. The van der Waals surface area contributed by atoms with Gasteiger partial charge in [-0.05, 0) is 19.8 Å². The first-order valence-corrected chi connectivity index (χ1v) is 9.22. The standard InChI is InChI=1S/C17H26N6O6/c1-9(24)14(18)16(28)22-11(5-10-6-19-8-21-10)17(29)23-4-2-3-12(23)15(27)20-7-13(25)26/h6,8-9,11-12,14,24H,2-5,7,18H2,1H3,(H,19,21)(H,20,27)(H,22,28)(H,25,26). The fraction of sp³-hybridized carbons (Fsp3) is 0.588. The normalized spacial score (nSPS) is 19.3. The molecule has 0 spiro atoms.